The smallest absolute Gasteiger partial charge is 0.153 e. The number of halogens is 1. The maximum absolute atomic E-state index is 5.97. The molecule has 3 nitrogen and oxygen atoms in total. The minimum Gasteiger partial charge on any atom is -0.396 e. The van der Waals surface area contributed by atoms with E-state index < -0.39 is 0 Å². The standard InChI is InChI=1S/C13H14BrN3/c1-8-3-4-11(10(14)7-8)17-13-12(15)9(2)5-6-16-13/h3-7H,15H2,1-2H3,(H,16,17). The topological polar surface area (TPSA) is 50.9 Å². The molecular weight excluding hydrogens is 278 g/mol. The lowest BCUT2D eigenvalue weighted by molar-refractivity contribution is 1.27. The van der Waals surface area contributed by atoms with E-state index >= 15 is 0 Å². The molecule has 1 aromatic carbocycles. The van der Waals surface area contributed by atoms with E-state index in [2.05, 4.69) is 26.2 Å². The predicted octanol–water partition coefficient (Wildman–Crippen LogP) is 3.79. The van der Waals surface area contributed by atoms with Crippen molar-refractivity contribution < 1.29 is 0 Å². The van der Waals surface area contributed by atoms with Crippen molar-refractivity contribution in [2.75, 3.05) is 11.1 Å². The molecule has 0 fully saturated rings. The van der Waals surface area contributed by atoms with E-state index in [4.69, 9.17) is 5.73 Å². The molecule has 0 aliphatic carbocycles. The first-order valence-corrected chi connectivity index (χ1v) is 6.11. The van der Waals surface area contributed by atoms with Crippen molar-refractivity contribution in [2.24, 2.45) is 0 Å². The molecule has 4 heteroatoms. The summed E-state index contributed by atoms with van der Waals surface area (Å²) >= 11 is 3.52. The number of nitrogens with two attached hydrogens (primary N) is 1. The van der Waals surface area contributed by atoms with Crippen LogP contribution in [0.4, 0.5) is 17.2 Å². The molecular formula is C13H14BrN3. The van der Waals surface area contributed by atoms with Gasteiger partial charge >= 0.3 is 0 Å². The van der Waals surface area contributed by atoms with Crippen LogP contribution in [0.2, 0.25) is 0 Å². The maximum atomic E-state index is 5.97. The summed E-state index contributed by atoms with van der Waals surface area (Å²) < 4.78 is 1.00. The molecule has 0 saturated heterocycles. The molecule has 0 amide bonds. The average Bonchev–Trinajstić information content (AvgIpc) is 2.28. The summed E-state index contributed by atoms with van der Waals surface area (Å²) in [4.78, 5) is 4.24. The summed E-state index contributed by atoms with van der Waals surface area (Å²) in [5, 5.41) is 3.23. The number of nitrogens with zero attached hydrogens (tertiary/aromatic N) is 1. The lowest BCUT2D eigenvalue weighted by Gasteiger charge is -2.11. The van der Waals surface area contributed by atoms with Gasteiger partial charge in [-0.25, -0.2) is 4.98 Å². The third-order valence-corrected chi connectivity index (χ3v) is 3.24. The Kier molecular flexibility index (Phi) is 3.33. The van der Waals surface area contributed by atoms with Gasteiger partial charge in [-0.3, -0.25) is 0 Å². The highest BCUT2D eigenvalue weighted by molar-refractivity contribution is 9.10. The van der Waals surface area contributed by atoms with Crippen LogP contribution < -0.4 is 11.1 Å². The fraction of sp³-hybridized carbons (Fsp3) is 0.154. The number of nitrogens with one attached hydrogen (secondary N) is 1. The summed E-state index contributed by atoms with van der Waals surface area (Å²) in [6.45, 7) is 4.01. The van der Waals surface area contributed by atoms with Crippen LogP contribution in [-0.4, -0.2) is 4.98 Å². The van der Waals surface area contributed by atoms with Crippen LogP contribution in [0.5, 0.6) is 0 Å². The first kappa shape index (κ1) is 11.9. The Hall–Kier alpha value is -1.55. The Morgan fingerprint density at radius 1 is 1.24 bits per heavy atom. The molecule has 0 bridgehead atoms. The molecule has 0 spiro atoms. The van der Waals surface area contributed by atoms with Gasteiger partial charge in [0.2, 0.25) is 0 Å². The highest BCUT2D eigenvalue weighted by atomic mass is 79.9. The average molecular weight is 292 g/mol. The number of aromatic nitrogens is 1. The third-order valence-electron chi connectivity index (χ3n) is 2.59. The number of aryl methyl sites for hydroxylation is 2. The molecule has 0 aliphatic heterocycles. The van der Waals surface area contributed by atoms with E-state index in [0.717, 1.165) is 15.7 Å². The van der Waals surface area contributed by atoms with Gasteiger partial charge in [-0.15, -0.1) is 0 Å². The van der Waals surface area contributed by atoms with Crippen LogP contribution in [0.1, 0.15) is 11.1 Å². The van der Waals surface area contributed by atoms with Crippen molar-refractivity contribution in [3.8, 4) is 0 Å². The van der Waals surface area contributed by atoms with Crippen LogP contribution in [0.25, 0.3) is 0 Å². The number of benzene rings is 1. The molecule has 0 aliphatic rings. The van der Waals surface area contributed by atoms with E-state index in [9.17, 15) is 0 Å². The third kappa shape index (κ3) is 2.58. The number of hydrogen-bond acceptors (Lipinski definition) is 3. The van der Waals surface area contributed by atoms with Crippen molar-refractivity contribution >= 4 is 33.1 Å². The van der Waals surface area contributed by atoms with Crippen LogP contribution in [0.3, 0.4) is 0 Å². The van der Waals surface area contributed by atoms with Gasteiger partial charge in [0.1, 0.15) is 0 Å². The van der Waals surface area contributed by atoms with Crippen LogP contribution >= 0.6 is 15.9 Å². The molecule has 2 rings (SSSR count). The van der Waals surface area contributed by atoms with Crippen molar-refractivity contribution in [3.63, 3.8) is 0 Å². The van der Waals surface area contributed by atoms with Gasteiger partial charge in [0, 0.05) is 10.7 Å². The molecule has 1 heterocycles. The molecule has 0 unspecified atom stereocenters. The highest BCUT2D eigenvalue weighted by Gasteiger charge is 2.05. The Balaban J connectivity index is 2.35. The first-order valence-electron chi connectivity index (χ1n) is 5.32. The predicted molar refractivity (Wildman–Crippen MR) is 75.5 cm³/mol. The number of pyridine rings is 1. The van der Waals surface area contributed by atoms with Gasteiger partial charge in [-0.1, -0.05) is 6.07 Å². The van der Waals surface area contributed by atoms with E-state index in [1.807, 2.05) is 38.1 Å². The first-order chi connectivity index (χ1) is 8.08. The van der Waals surface area contributed by atoms with E-state index in [1.165, 1.54) is 5.56 Å². The van der Waals surface area contributed by atoms with E-state index in [0.29, 0.717) is 11.5 Å². The summed E-state index contributed by atoms with van der Waals surface area (Å²) in [6, 6.07) is 7.99. The molecule has 0 atom stereocenters. The minimum atomic E-state index is 0.681. The molecule has 3 N–H and O–H groups in total. The molecule has 17 heavy (non-hydrogen) atoms. The zero-order chi connectivity index (χ0) is 12.4. The summed E-state index contributed by atoms with van der Waals surface area (Å²) in [5.41, 5.74) is 9.83. The van der Waals surface area contributed by atoms with Crippen molar-refractivity contribution in [2.45, 2.75) is 13.8 Å². The van der Waals surface area contributed by atoms with Crippen molar-refractivity contribution in [3.05, 3.63) is 46.1 Å². The second kappa shape index (κ2) is 4.75. The Bertz CT molecular complexity index is 552. The summed E-state index contributed by atoms with van der Waals surface area (Å²) in [7, 11) is 0. The molecule has 2 aromatic rings. The minimum absolute atomic E-state index is 0.681. The van der Waals surface area contributed by atoms with E-state index in [-0.39, 0.29) is 0 Å². The molecule has 0 radical (unpaired) electrons. The summed E-state index contributed by atoms with van der Waals surface area (Å²) in [6.07, 6.45) is 1.75. The Morgan fingerprint density at radius 2 is 2.00 bits per heavy atom. The molecule has 88 valence electrons. The van der Waals surface area contributed by atoms with Crippen LogP contribution in [0, 0.1) is 13.8 Å². The molecule has 1 aromatic heterocycles. The van der Waals surface area contributed by atoms with Gasteiger partial charge in [-0.05, 0) is 59.1 Å². The maximum Gasteiger partial charge on any atom is 0.153 e. The lowest BCUT2D eigenvalue weighted by Crippen LogP contribution is -2.01. The molecule has 0 saturated carbocycles. The SMILES string of the molecule is Cc1ccc(Nc2nccc(C)c2N)c(Br)c1. The fourth-order valence-electron chi connectivity index (χ4n) is 1.52. The lowest BCUT2D eigenvalue weighted by atomic mass is 10.2. The quantitative estimate of drug-likeness (QED) is 0.885. The Labute approximate surface area is 109 Å². The van der Waals surface area contributed by atoms with Crippen molar-refractivity contribution in [1.29, 1.82) is 0 Å². The second-order valence-electron chi connectivity index (χ2n) is 4.00. The second-order valence-corrected chi connectivity index (χ2v) is 4.85. The van der Waals surface area contributed by atoms with E-state index in [1.54, 1.807) is 6.20 Å². The highest BCUT2D eigenvalue weighted by Crippen LogP contribution is 2.29. The van der Waals surface area contributed by atoms with Crippen LogP contribution in [0.15, 0.2) is 34.9 Å². The number of nitrogen functional groups attached to an aromatic ring is 1. The number of anilines is 3. The number of hydrogen-bond donors (Lipinski definition) is 2. The van der Waals surface area contributed by atoms with Gasteiger partial charge in [0.05, 0.1) is 11.4 Å². The van der Waals surface area contributed by atoms with Crippen LogP contribution in [-0.2, 0) is 0 Å². The van der Waals surface area contributed by atoms with Gasteiger partial charge in [0.15, 0.2) is 5.82 Å². The normalized spacial score (nSPS) is 10.3. The fourth-order valence-corrected chi connectivity index (χ4v) is 2.11. The van der Waals surface area contributed by atoms with Gasteiger partial charge in [0.25, 0.3) is 0 Å². The zero-order valence-electron chi connectivity index (χ0n) is 9.79. The largest absolute Gasteiger partial charge is 0.396 e. The number of rotatable bonds is 2. The Morgan fingerprint density at radius 3 is 2.71 bits per heavy atom. The van der Waals surface area contributed by atoms with Crippen molar-refractivity contribution in [1.82, 2.24) is 4.98 Å². The van der Waals surface area contributed by atoms with Gasteiger partial charge < -0.3 is 11.1 Å². The monoisotopic (exact) mass is 291 g/mol. The zero-order valence-corrected chi connectivity index (χ0v) is 11.4. The summed E-state index contributed by atoms with van der Waals surface area (Å²) in [5.74, 6) is 0.689. The van der Waals surface area contributed by atoms with Gasteiger partial charge in [-0.2, -0.15) is 0 Å².